The molecule has 25 heavy (non-hydrogen) atoms. The maximum Gasteiger partial charge on any atom is 0.410 e. The predicted octanol–water partition coefficient (Wildman–Crippen LogP) is 5.93. The Kier molecular flexibility index (Phi) is 4.80. The Labute approximate surface area is 152 Å². The Morgan fingerprint density at radius 1 is 1.24 bits per heavy atom. The van der Waals surface area contributed by atoms with Gasteiger partial charge in [0.05, 0.1) is 0 Å². The van der Waals surface area contributed by atoms with E-state index in [0.29, 0.717) is 5.92 Å². The molecule has 1 fully saturated rings. The van der Waals surface area contributed by atoms with Crippen molar-refractivity contribution >= 4 is 27.5 Å². The van der Waals surface area contributed by atoms with Crippen molar-refractivity contribution in [1.29, 1.82) is 0 Å². The number of carbonyl (C=O) groups is 1. The molecule has 1 aromatic carbocycles. The zero-order valence-corrected chi connectivity index (χ0v) is 16.3. The first-order valence-electron chi connectivity index (χ1n) is 8.83. The van der Waals surface area contributed by atoms with Crippen molar-refractivity contribution in [1.82, 2.24) is 4.90 Å². The number of rotatable bonds is 1. The van der Waals surface area contributed by atoms with E-state index in [0.717, 1.165) is 22.9 Å². The number of halogens is 1. The first-order chi connectivity index (χ1) is 11.7. The van der Waals surface area contributed by atoms with Crippen LogP contribution in [0.1, 0.15) is 58.9 Å². The molecule has 1 aliphatic heterocycles. The summed E-state index contributed by atoms with van der Waals surface area (Å²) in [4.78, 5) is 14.4. The van der Waals surface area contributed by atoms with Gasteiger partial charge in [-0.25, -0.2) is 9.18 Å². The van der Waals surface area contributed by atoms with E-state index >= 15 is 0 Å². The predicted molar refractivity (Wildman–Crippen MR) is 101 cm³/mol. The van der Waals surface area contributed by atoms with Crippen molar-refractivity contribution in [3.05, 3.63) is 35.0 Å². The van der Waals surface area contributed by atoms with Gasteiger partial charge >= 0.3 is 6.09 Å². The van der Waals surface area contributed by atoms with Crippen LogP contribution in [0.4, 0.5) is 9.18 Å². The number of thiophene rings is 1. The molecule has 2 aromatic rings. The summed E-state index contributed by atoms with van der Waals surface area (Å²) in [5.41, 5.74) is 0.795. The molecular formula is C20H26FNO2S. The zero-order chi connectivity index (χ0) is 18.4. The lowest BCUT2D eigenvalue weighted by Gasteiger charge is -2.43. The van der Waals surface area contributed by atoms with Gasteiger partial charge in [-0.05, 0) is 81.8 Å². The minimum absolute atomic E-state index is 0.110. The highest BCUT2D eigenvalue weighted by Crippen LogP contribution is 2.41. The zero-order valence-electron chi connectivity index (χ0n) is 15.5. The van der Waals surface area contributed by atoms with Gasteiger partial charge in [0.15, 0.2) is 0 Å². The van der Waals surface area contributed by atoms with Crippen LogP contribution in [0.15, 0.2) is 23.6 Å². The Bertz CT molecular complexity index is 768. The number of hydrogen-bond acceptors (Lipinski definition) is 3. The average molecular weight is 363 g/mol. The SMILES string of the molecule is CC1CC(c2csc3cc(F)ccc23)CC(C)N1C(=O)OC(C)(C)C. The fraction of sp³-hybridized carbons (Fsp3) is 0.550. The Hall–Kier alpha value is -1.62. The summed E-state index contributed by atoms with van der Waals surface area (Å²) in [6.45, 7) is 9.85. The van der Waals surface area contributed by atoms with Gasteiger partial charge in [-0.3, -0.25) is 0 Å². The lowest BCUT2D eigenvalue weighted by molar-refractivity contribution is -0.00247. The van der Waals surface area contributed by atoms with Crippen LogP contribution in [0, 0.1) is 5.82 Å². The van der Waals surface area contributed by atoms with Crippen molar-refractivity contribution in [2.45, 2.75) is 71.1 Å². The summed E-state index contributed by atoms with van der Waals surface area (Å²) in [7, 11) is 0. The van der Waals surface area contributed by atoms with E-state index in [1.807, 2.05) is 31.7 Å². The summed E-state index contributed by atoms with van der Waals surface area (Å²) in [5.74, 6) is 0.185. The van der Waals surface area contributed by atoms with Crippen LogP contribution in [0.25, 0.3) is 10.1 Å². The van der Waals surface area contributed by atoms with Gasteiger partial charge in [-0.15, -0.1) is 11.3 Å². The highest BCUT2D eigenvalue weighted by molar-refractivity contribution is 7.17. The van der Waals surface area contributed by atoms with Crippen molar-refractivity contribution in [2.75, 3.05) is 0 Å². The topological polar surface area (TPSA) is 29.5 Å². The van der Waals surface area contributed by atoms with Crippen molar-refractivity contribution in [3.63, 3.8) is 0 Å². The second-order valence-electron chi connectivity index (χ2n) is 8.09. The van der Waals surface area contributed by atoms with E-state index in [2.05, 4.69) is 19.2 Å². The molecule has 0 saturated carbocycles. The van der Waals surface area contributed by atoms with Crippen molar-refractivity contribution in [3.8, 4) is 0 Å². The molecule has 2 unspecified atom stereocenters. The number of fused-ring (bicyclic) bond motifs is 1. The summed E-state index contributed by atoms with van der Waals surface area (Å²) in [5, 5.41) is 3.29. The number of carbonyl (C=O) groups excluding carboxylic acids is 1. The van der Waals surface area contributed by atoms with E-state index < -0.39 is 5.60 Å². The quantitative estimate of drug-likeness (QED) is 0.628. The first kappa shape index (κ1) is 18.2. The number of piperidine rings is 1. The van der Waals surface area contributed by atoms with E-state index in [4.69, 9.17) is 4.74 Å². The first-order valence-corrected chi connectivity index (χ1v) is 9.71. The number of ether oxygens (including phenoxy) is 1. The molecule has 0 aliphatic carbocycles. The molecule has 5 heteroatoms. The fourth-order valence-electron chi connectivity index (χ4n) is 3.85. The summed E-state index contributed by atoms with van der Waals surface area (Å²) >= 11 is 1.59. The van der Waals surface area contributed by atoms with Crippen LogP contribution in [0.2, 0.25) is 0 Å². The molecule has 1 aliphatic rings. The molecule has 1 saturated heterocycles. The van der Waals surface area contributed by atoms with Gasteiger partial charge in [0.25, 0.3) is 0 Å². The summed E-state index contributed by atoms with van der Waals surface area (Å²) in [6.07, 6.45) is 1.56. The normalized spacial score (nSPS) is 24.6. The number of likely N-dealkylation sites (tertiary alicyclic amines) is 1. The average Bonchev–Trinajstić information content (AvgIpc) is 2.87. The Morgan fingerprint density at radius 3 is 2.48 bits per heavy atom. The lowest BCUT2D eigenvalue weighted by atomic mass is 9.82. The highest BCUT2D eigenvalue weighted by atomic mass is 32.1. The van der Waals surface area contributed by atoms with Gasteiger partial charge in [-0.1, -0.05) is 6.07 Å². The minimum atomic E-state index is -0.485. The van der Waals surface area contributed by atoms with E-state index in [1.165, 1.54) is 11.6 Å². The third kappa shape index (κ3) is 3.81. The lowest BCUT2D eigenvalue weighted by Crippen LogP contribution is -2.51. The molecule has 1 amide bonds. The second kappa shape index (κ2) is 6.60. The summed E-state index contributed by atoms with van der Waals surface area (Å²) < 4.78 is 20.0. The molecule has 0 bridgehead atoms. The third-order valence-electron chi connectivity index (χ3n) is 4.81. The smallest absolute Gasteiger partial charge is 0.410 e. The molecule has 3 rings (SSSR count). The number of benzene rings is 1. The number of nitrogens with zero attached hydrogens (tertiary/aromatic N) is 1. The van der Waals surface area contributed by atoms with Crippen LogP contribution in [-0.2, 0) is 4.74 Å². The molecular weight excluding hydrogens is 337 g/mol. The van der Waals surface area contributed by atoms with Crippen molar-refractivity contribution in [2.24, 2.45) is 0 Å². The highest BCUT2D eigenvalue weighted by Gasteiger charge is 2.37. The van der Waals surface area contributed by atoms with Crippen LogP contribution >= 0.6 is 11.3 Å². The second-order valence-corrected chi connectivity index (χ2v) is 9.00. The van der Waals surface area contributed by atoms with Crippen LogP contribution in [0.5, 0.6) is 0 Å². The van der Waals surface area contributed by atoms with Gasteiger partial charge in [0, 0.05) is 16.8 Å². The van der Waals surface area contributed by atoms with Gasteiger partial charge in [0.2, 0.25) is 0 Å². The molecule has 0 spiro atoms. The number of hydrogen-bond donors (Lipinski definition) is 0. The molecule has 0 radical (unpaired) electrons. The molecule has 3 nitrogen and oxygen atoms in total. The monoisotopic (exact) mass is 363 g/mol. The fourth-order valence-corrected chi connectivity index (χ4v) is 4.92. The minimum Gasteiger partial charge on any atom is -0.444 e. The molecule has 0 N–H and O–H groups in total. The largest absolute Gasteiger partial charge is 0.444 e. The summed E-state index contributed by atoms with van der Waals surface area (Å²) in [6, 6.07) is 5.23. The molecule has 1 aromatic heterocycles. The van der Waals surface area contributed by atoms with E-state index in [1.54, 1.807) is 17.4 Å². The molecule has 136 valence electrons. The van der Waals surface area contributed by atoms with Gasteiger partial charge < -0.3 is 9.64 Å². The van der Waals surface area contributed by atoms with E-state index in [9.17, 15) is 9.18 Å². The van der Waals surface area contributed by atoms with Crippen LogP contribution < -0.4 is 0 Å². The molecule has 2 atom stereocenters. The Balaban J connectivity index is 1.80. The van der Waals surface area contributed by atoms with Gasteiger partial charge in [0.1, 0.15) is 11.4 Å². The Morgan fingerprint density at radius 2 is 1.88 bits per heavy atom. The van der Waals surface area contributed by atoms with Crippen LogP contribution in [0.3, 0.4) is 0 Å². The number of amides is 1. The standard InChI is InChI=1S/C20H26FNO2S/c1-12-8-14(9-13(2)22(12)19(23)24-20(3,4)5)17-11-25-18-10-15(21)6-7-16(17)18/h6-7,10-14H,8-9H2,1-5H3. The molecule has 2 heterocycles. The third-order valence-corrected chi connectivity index (χ3v) is 5.78. The van der Waals surface area contributed by atoms with Crippen molar-refractivity contribution < 1.29 is 13.9 Å². The van der Waals surface area contributed by atoms with E-state index in [-0.39, 0.29) is 24.0 Å². The maximum atomic E-state index is 13.4. The van der Waals surface area contributed by atoms with Crippen LogP contribution in [-0.4, -0.2) is 28.7 Å². The van der Waals surface area contributed by atoms with Gasteiger partial charge in [-0.2, -0.15) is 0 Å². The maximum absolute atomic E-state index is 13.4.